The lowest BCUT2D eigenvalue weighted by atomic mass is 10.1. The minimum atomic E-state index is -1.74. The number of hydrogen-bond donors (Lipinski definition) is 0. The maximum atomic E-state index is 10.9. The highest BCUT2D eigenvalue weighted by Gasteiger charge is 2.21. The zero-order valence-corrected chi connectivity index (χ0v) is 12.4. The lowest BCUT2D eigenvalue weighted by molar-refractivity contribution is 0.112. The Kier molecular flexibility index (Phi) is 4.73. The Morgan fingerprint density at radius 2 is 2.00 bits per heavy atom. The summed E-state index contributed by atoms with van der Waals surface area (Å²) >= 11 is 0. The first-order chi connectivity index (χ1) is 8.41. The van der Waals surface area contributed by atoms with Crippen LogP contribution < -0.4 is 9.16 Å². The first-order valence-electron chi connectivity index (χ1n) is 5.87. The maximum Gasteiger partial charge on any atom is 0.242 e. The molecular formula is C14H20O3Si. The largest absolute Gasteiger partial charge is 0.542 e. The number of aldehydes is 1. The molecule has 0 atom stereocenters. The average molecular weight is 264 g/mol. The van der Waals surface area contributed by atoms with E-state index in [-0.39, 0.29) is 0 Å². The molecule has 0 aliphatic rings. The number of ether oxygens (including phenoxy) is 1. The first-order valence-corrected chi connectivity index (χ1v) is 9.28. The zero-order chi connectivity index (χ0) is 13.8. The number of methoxy groups -OCH3 is 1. The standard InChI is InChI=1S/C14H20O3Si/c1-6-7-12-8-11(10-15)9-13(16-2)14(12)17-18(3,4)5/h6,8-10H,1,7H2,2-5H3. The van der Waals surface area contributed by atoms with E-state index < -0.39 is 8.32 Å². The van der Waals surface area contributed by atoms with Crippen LogP contribution >= 0.6 is 0 Å². The van der Waals surface area contributed by atoms with E-state index in [1.165, 1.54) is 0 Å². The molecule has 0 spiro atoms. The predicted molar refractivity (Wildman–Crippen MR) is 76.3 cm³/mol. The topological polar surface area (TPSA) is 35.5 Å². The van der Waals surface area contributed by atoms with Crippen LogP contribution in [0, 0.1) is 0 Å². The van der Waals surface area contributed by atoms with Gasteiger partial charge >= 0.3 is 0 Å². The van der Waals surface area contributed by atoms with Crippen molar-refractivity contribution in [2.45, 2.75) is 26.1 Å². The van der Waals surface area contributed by atoms with Crippen LogP contribution in [0.4, 0.5) is 0 Å². The van der Waals surface area contributed by atoms with Gasteiger partial charge in [-0.2, -0.15) is 0 Å². The number of allylic oxidation sites excluding steroid dienone is 1. The predicted octanol–water partition coefficient (Wildman–Crippen LogP) is 3.45. The van der Waals surface area contributed by atoms with E-state index in [1.54, 1.807) is 19.3 Å². The Bertz CT molecular complexity index is 447. The highest BCUT2D eigenvalue weighted by atomic mass is 28.4. The van der Waals surface area contributed by atoms with Gasteiger partial charge < -0.3 is 9.16 Å². The summed E-state index contributed by atoms with van der Waals surface area (Å²) in [6.45, 7) is 10.1. The molecule has 0 aliphatic heterocycles. The van der Waals surface area contributed by atoms with Gasteiger partial charge in [-0.1, -0.05) is 6.08 Å². The molecule has 0 bridgehead atoms. The maximum absolute atomic E-state index is 10.9. The fraction of sp³-hybridized carbons (Fsp3) is 0.357. The number of hydrogen-bond acceptors (Lipinski definition) is 3. The molecule has 1 aromatic carbocycles. The Morgan fingerprint density at radius 1 is 1.33 bits per heavy atom. The Morgan fingerprint density at radius 3 is 2.44 bits per heavy atom. The average Bonchev–Trinajstić information content (AvgIpc) is 2.29. The molecule has 0 N–H and O–H groups in total. The van der Waals surface area contributed by atoms with Crippen LogP contribution in [-0.2, 0) is 6.42 Å². The van der Waals surface area contributed by atoms with Crippen LogP contribution in [0.1, 0.15) is 15.9 Å². The van der Waals surface area contributed by atoms with Crippen molar-refractivity contribution in [3.63, 3.8) is 0 Å². The van der Waals surface area contributed by atoms with E-state index in [0.717, 1.165) is 17.6 Å². The lowest BCUT2D eigenvalue weighted by Gasteiger charge is -2.23. The second kappa shape index (κ2) is 5.86. The number of rotatable bonds is 6. The van der Waals surface area contributed by atoms with Gasteiger partial charge in [0.05, 0.1) is 7.11 Å². The summed E-state index contributed by atoms with van der Waals surface area (Å²) in [5.41, 5.74) is 1.53. The molecule has 1 aromatic rings. The van der Waals surface area contributed by atoms with Crippen LogP contribution in [-0.4, -0.2) is 21.7 Å². The molecule has 4 heteroatoms. The summed E-state index contributed by atoms with van der Waals surface area (Å²) in [5, 5.41) is 0. The summed E-state index contributed by atoms with van der Waals surface area (Å²) in [4.78, 5) is 10.9. The first kappa shape index (κ1) is 14.5. The molecule has 0 aliphatic carbocycles. The van der Waals surface area contributed by atoms with Gasteiger partial charge in [0.25, 0.3) is 0 Å². The van der Waals surface area contributed by atoms with Gasteiger partial charge in [0.1, 0.15) is 12.0 Å². The minimum Gasteiger partial charge on any atom is -0.542 e. The highest BCUT2D eigenvalue weighted by molar-refractivity contribution is 6.70. The quantitative estimate of drug-likeness (QED) is 0.448. The van der Waals surface area contributed by atoms with Crippen LogP contribution in [0.5, 0.6) is 11.5 Å². The summed E-state index contributed by atoms with van der Waals surface area (Å²) in [6, 6.07) is 3.53. The molecule has 0 aromatic heterocycles. The van der Waals surface area contributed by atoms with Gasteiger partial charge in [0.15, 0.2) is 5.75 Å². The van der Waals surface area contributed by atoms with Gasteiger partial charge in [-0.05, 0) is 38.2 Å². The van der Waals surface area contributed by atoms with E-state index in [9.17, 15) is 4.79 Å². The van der Waals surface area contributed by atoms with E-state index >= 15 is 0 Å². The van der Waals surface area contributed by atoms with Gasteiger partial charge in [-0.15, -0.1) is 6.58 Å². The van der Waals surface area contributed by atoms with Crippen molar-refractivity contribution in [3.8, 4) is 11.5 Å². The Labute approximate surface area is 110 Å². The van der Waals surface area contributed by atoms with Crippen molar-refractivity contribution in [1.82, 2.24) is 0 Å². The third-order valence-corrected chi connectivity index (χ3v) is 3.10. The van der Waals surface area contributed by atoms with Gasteiger partial charge in [0.2, 0.25) is 8.32 Å². The van der Waals surface area contributed by atoms with Gasteiger partial charge in [-0.25, -0.2) is 0 Å². The highest BCUT2D eigenvalue weighted by Crippen LogP contribution is 2.35. The molecule has 18 heavy (non-hydrogen) atoms. The lowest BCUT2D eigenvalue weighted by Crippen LogP contribution is -2.30. The van der Waals surface area contributed by atoms with E-state index in [2.05, 4.69) is 26.2 Å². The molecule has 0 unspecified atom stereocenters. The van der Waals surface area contributed by atoms with Gasteiger partial charge in [-0.3, -0.25) is 4.79 Å². The summed E-state index contributed by atoms with van der Waals surface area (Å²) in [7, 11) is -0.154. The number of carbonyl (C=O) groups is 1. The fourth-order valence-electron chi connectivity index (χ4n) is 1.63. The van der Waals surface area contributed by atoms with Crippen molar-refractivity contribution in [1.29, 1.82) is 0 Å². The second-order valence-corrected chi connectivity index (χ2v) is 9.47. The third kappa shape index (κ3) is 3.73. The Balaban J connectivity index is 3.33. The van der Waals surface area contributed by atoms with Crippen molar-refractivity contribution in [2.75, 3.05) is 7.11 Å². The molecule has 0 amide bonds. The van der Waals surface area contributed by atoms with Crippen LogP contribution in [0.2, 0.25) is 19.6 Å². The number of benzene rings is 1. The van der Waals surface area contributed by atoms with Crippen molar-refractivity contribution in [2.24, 2.45) is 0 Å². The zero-order valence-electron chi connectivity index (χ0n) is 11.4. The van der Waals surface area contributed by atoms with E-state index in [4.69, 9.17) is 9.16 Å². The van der Waals surface area contributed by atoms with Crippen LogP contribution in [0.3, 0.4) is 0 Å². The molecule has 3 nitrogen and oxygen atoms in total. The SMILES string of the molecule is C=CCc1cc(C=O)cc(OC)c1O[Si](C)(C)C. The van der Waals surface area contributed by atoms with Crippen molar-refractivity contribution in [3.05, 3.63) is 35.9 Å². The molecule has 98 valence electrons. The van der Waals surface area contributed by atoms with Crippen LogP contribution in [0.15, 0.2) is 24.8 Å². The molecule has 0 radical (unpaired) electrons. The monoisotopic (exact) mass is 264 g/mol. The van der Waals surface area contributed by atoms with Gasteiger partial charge in [0, 0.05) is 11.1 Å². The minimum absolute atomic E-state index is 0.589. The summed E-state index contributed by atoms with van der Waals surface area (Å²) in [5.74, 6) is 1.35. The smallest absolute Gasteiger partial charge is 0.242 e. The Hall–Kier alpha value is -1.55. The molecule has 0 heterocycles. The summed E-state index contributed by atoms with van der Waals surface area (Å²) in [6.07, 6.45) is 3.26. The van der Waals surface area contributed by atoms with Crippen LogP contribution in [0.25, 0.3) is 0 Å². The number of carbonyl (C=O) groups excluding carboxylic acids is 1. The van der Waals surface area contributed by atoms with E-state index in [0.29, 0.717) is 17.7 Å². The van der Waals surface area contributed by atoms with E-state index in [1.807, 2.05) is 6.07 Å². The summed E-state index contributed by atoms with van der Waals surface area (Å²) < 4.78 is 11.4. The molecule has 0 fully saturated rings. The van der Waals surface area contributed by atoms with Crippen molar-refractivity contribution >= 4 is 14.6 Å². The normalized spacial score (nSPS) is 10.9. The second-order valence-electron chi connectivity index (χ2n) is 5.04. The molecule has 0 saturated carbocycles. The molecule has 0 saturated heterocycles. The third-order valence-electron chi connectivity index (χ3n) is 2.28. The fourth-order valence-corrected chi connectivity index (χ4v) is 2.48. The molecule has 1 rings (SSSR count). The molecular weight excluding hydrogens is 244 g/mol. The van der Waals surface area contributed by atoms with Crippen molar-refractivity contribution < 1.29 is 14.0 Å².